The second-order valence-electron chi connectivity index (χ2n) is 4.54. The van der Waals surface area contributed by atoms with Crippen LogP contribution in [0.5, 0.6) is 0 Å². The Morgan fingerprint density at radius 1 is 1.56 bits per heavy atom. The van der Waals surface area contributed by atoms with E-state index in [2.05, 4.69) is 16.9 Å². The first-order valence-corrected chi connectivity index (χ1v) is 8.00. The van der Waals surface area contributed by atoms with Gasteiger partial charge in [-0.15, -0.1) is 0 Å². The van der Waals surface area contributed by atoms with E-state index in [-0.39, 0.29) is 6.04 Å². The first-order chi connectivity index (χ1) is 8.49. The van der Waals surface area contributed by atoms with Crippen molar-refractivity contribution >= 4 is 34.2 Å². The summed E-state index contributed by atoms with van der Waals surface area (Å²) in [5.74, 6) is 0.682. The molecule has 0 spiro atoms. The van der Waals surface area contributed by atoms with Crippen LogP contribution in [0.15, 0.2) is 12.1 Å². The predicted octanol–water partition coefficient (Wildman–Crippen LogP) is 2.73. The van der Waals surface area contributed by atoms with Gasteiger partial charge in [0.15, 0.2) is 10.4 Å². The van der Waals surface area contributed by atoms with Crippen molar-refractivity contribution in [3.05, 3.63) is 22.6 Å². The van der Waals surface area contributed by atoms with E-state index in [4.69, 9.17) is 12.2 Å². The van der Waals surface area contributed by atoms with E-state index in [0.29, 0.717) is 10.5 Å². The minimum Gasteiger partial charge on any atom is -0.329 e. The lowest BCUT2D eigenvalue weighted by molar-refractivity contribution is 0.536. The molecule has 0 saturated carbocycles. The lowest BCUT2D eigenvalue weighted by atomic mass is 10.2. The monoisotopic (exact) mass is 283 g/mol. The molecule has 2 atom stereocenters. The molecule has 98 valence electrons. The zero-order chi connectivity index (χ0) is 13.3. The van der Waals surface area contributed by atoms with Crippen molar-refractivity contribution in [3.63, 3.8) is 0 Å². The second kappa shape index (κ2) is 5.32. The topological polar surface area (TPSA) is 50.7 Å². The average molecular weight is 283 g/mol. The molecule has 2 unspecified atom stereocenters. The van der Waals surface area contributed by atoms with Gasteiger partial charge >= 0.3 is 0 Å². The van der Waals surface area contributed by atoms with Crippen molar-refractivity contribution in [2.75, 3.05) is 12.0 Å². The number of pyridine rings is 1. The molecule has 1 N–H and O–H groups in total. The smallest absolute Gasteiger partial charge is 0.179 e. The highest BCUT2D eigenvalue weighted by molar-refractivity contribution is 7.84. The van der Waals surface area contributed by atoms with Gasteiger partial charge in [0.05, 0.1) is 5.52 Å². The fourth-order valence-electron chi connectivity index (χ4n) is 1.97. The fourth-order valence-corrected chi connectivity index (χ4v) is 3.02. The molecule has 6 heteroatoms. The number of aryl methyl sites for hydroxylation is 1. The number of H-pyrrole nitrogens is 1. The van der Waals surface area contributed by atoms with E-state index < -0.39 is 10.8 Å². The molecule has 2 aromatic heterocycles. The van der Waals surface area contributed by atoms with Gasteiger partial charge in [-0.1, -0.05) is 0 Å². The molecule has 0 amide bonds. The van der Waals surface area contributed by atoms with E-state index in [1.54, 1.807) is 6.26 Å². The molecule has 2 rings (SSSR count). The third kappa shape index (κ3) is 2.70. The normalized spacial score (nSPS) is 14.8. The molecule has 0 aliphatic carbocycles. The Kier molecular flexibility index (Phi) is 3.97. The number of hydrogen-bond donors (Lipinski definition) is 1. The Hall–Kier alpha value is -1.01. The summed E-state index contributed by atoms with van der Waals surface area (Å²) in [4.78, 5) is 7.70. The van der Waals surface area contributed by atoms with E-state index in [9.17, 15) is 4.21 Å². The summed E-state index contributed by atoms with van der Waals surface area (Å²) in [7, 11) is -0.770. The highest BCUT2D eigenvalue weighted by Gasteiger charge is 2.12. The van der Waals surface area contributed by atoms with E-state index in [1.807, 2.05) is 23.6 Å². The fraction of sp³-hybridized carbons (Fsp3) is 0.500. The van der Waals surface area contributed by atoms with Crippen LogP contribution in [-0.4, -0.2) is 30.8 Å². The number of nitrogens with zero attached hydrogens (tertiary/aromatic N) is 2. The predicted molar refractivity (Wildman–Crippen MR) is 77.9 cm³/mol. The summed E-state index contributed by atoms with van der Waals surface area (Å²) in [5.41, 5.74) is 2.81. The number of rotatable bonds is 4. The maximum Gasteiger partial charge on any atom is 0.179 e. The first kappa shape index (κ1) is 13.4. The minimum atomic E-state index is -0.770. The van der Waals surface area contributed by atoms with Crippen molar-refractivity contribution in [3.8, 4) is 0 Å². The number of aromatic amines is 1. The minimum absolute atomic E-state index is 0.199. The molecule has 0 aromatic carbocycles. The summed E-state index contributed by atoms with van der Waals surface area (Å²) in [6, 6.07) is 4.16. The SMILES string of the molecule is Cc1ccc2[nH]c(=S)n(C(C)CCS(C)=O)c2n1. The molecule has 0 aliphatic heterocycles. The highest BCUT2D eigenvalue weighted by Crippen LogP contribution is 2.20. The molecule has 18 heavy (non-hydrogen) atoms. The zero-order valence-corrected chi connectivity index (χ0v) is 12.4. The Morgan fingerprint density at radius 2 is 2.28 bits per heavy atom. The Labute approximate surface area is 114 Å². The van der Waals surface area contributed by atoms with Gasteiger partial charge < -0.3 is 4.98 Å². The molecular weight excluding hydrogens is 266 g/mol. The van der Waals surface area contributed by atoms with Crippen LogP contribution in [-0.2, 0) is 10.8 Å². The van der Waals surface area contributed by atoms with Crippen LogP contribution in [0.3, 0.4) is 0 Å². The molecule has 0 fully saturated rings. The molecule has 4 nitrogen and oxygen atoms in total. The first-order valence-electron chi connectivity index (χ1n) is 5.87. The standard InChI is InChI=1S/C12H17N3OS2/c1-8-4-5-10-11(13-8)15(12(17)14-10)9(2)6-7-18(3)16/h4-5,9H,6-7H2,1-3H3,(H,14,17). The van der Waals surface area contributed by atoms with Gasteiger partial charge in [0.2, 0.25) is 0 Å². The van der Waals surface area contributed by atoms with Crippen molar-refractivity contribution in [2.24, 2.45) is 0 Å². The molecular formula is C12H17N3OS2. The van der Waals surface area contributed by atoms with Gasteiger partial charge in [0, 0.05) is 34.5 Å². The van der Waals surface area contributed by atoms with Crippen LogP contribution in [0.1, 0.15) is 25.1 Å². The number of aromatic nitrogens is 3. The maximum atomic E-state index is 11.2. The second-order valence-corrected chi connectivity index (χ2v) is 6.48. The van der Waals surface area contributed by atoms with Crippen LogP contribution < -0.4 is 0 Å². The highest BCUT2D eigenvalue weighted by atomic mass is 32.2. The zero-order valence-electron chi connectivity index (χ0n) is 10.8. The van der Waals surface area contributed by atoms with E-state index in [1.165, 1.54) is 0 Å². The van der Waals surface area contributed by atoms with E-state index in [0.717, 1.165) is 23.3 Å². The van der Waals surface area contributed by atoms with Crippen LogP contribution in [0.25, 0.3) is 11.2 Å². The van der Waals surface area contributed by atoms with Gasteiger partial charge in [-0.2, -0.15) is 0 Å². The van der Waals surface area contributed by atoms with Crippen LogP contribution in [0.4, 0.5) is 0 Å². The van der Waals surface area contributed by atoms with Crippen molar-refractivity contribution in [2.45, 2.75) is 26.3 Å². The van der Waals surface area contributed by atoms with Gasteiger partial charge in [-0.3, -0.25) is 8.78 Å². The number of fused-ring (bicyclic) bond motifs is 1. The van der Waals surface area contributed by atoms with Crippen LogP contribution in [0.2, 0.25) is 0 Å². The lowest BCUT2D eigenvalue weighted by Gasteiger charge is -2.13. The molecule has 2 heterocycles. The summed E-state index contributed by atoms with van der Waals surface area (Å²) < 4.78 is 13.9. The van der Waals surface area contributed by atoms with Gasteiger partial charge in [0.25, 0.3) is 0 Å². The van der Waals surface area contributed by atoms with Crippen molar-refractivity contribution < 1.29 is 4.21 Å². The number of nitrogens with one attached hydrogen (secondary N) is 1. The van der Waals surface area contributed by atoms with Crippen LogP contribution in [0, 0.1) is 11.7 Å². The summed E-state index contributed by atoms with van der Waals surface area (Å²) in [6.07, 6.45) is 2.56. The summed E-state index contributed by atoms with van der Waals surface area (Å²) in [5, 5.41) is 0. The Morgan fingerprint density at radius 3 is 2.94 bits per heavy atom. The Balaban J connectivity index is 2.42. The van der Waals surface area contributed by atoms with Gasteiger partial charge in [-0.05, 0) is 44.6 Å². The van der Waals surface area contributed by atoms with E-state index >= 15 is 0 Å². The summed E-state index contributed by atoms with van der Waals surface area (Å²) >= 11 is 5.34. The molecule has 0 aliphatic rings. The third-order valence-electron chi connectivity index (χ3n) is 2.97. The van der Waals surface area contributed by atoms with Crippen LogP contribution >= 0.6 is 12.2 Å². The molecule has 0 saturated heterocycles. The average Bonchev–Trinajstić information content (AvgIpc) is 2.61. The van der Waals surface area contributed by atoms with Crippen molar-refractivity contribution in [1.82, 2.24) is 14.5 Å². The molecule has 0 radical (unpaired) electrons. The lowest BCUT2D eigenvalue weighted by Crippen LogP contribution is -2.09. The number of hydrogen-bond acceptors (Lipinski definition) is 3. The quantitative estimate of drug-likeness (QED) is 0.878. The van der Waals surface area contributed by atoms with Gasteiger partial charge in [-0.25, -0.2) is 4.98 Å². The third-order valence-corrected chi connectivity index (χ3v) is 4.08. The number of imidazole rings is 1. The summed E-state index contributed by atoms with van der Waals surface area (Å²) in [6.45, 7) is 4.05. The molecule has 0 bridgehead atoms. The van der Waals surface area contributed by atoms with Gasteiger partial charge in [0.1, 0.15) is 0 Å². The maximum absolute atomic E-state index is 11.2. The largest absolute Gasteiger partial charge is 0.329 e. The molecule has 2 aromatic rings. The van der Waals surface area contributed by atoms with Crippen molar-refractivity contribution in [1.29, 1.82) is 0 Å². The Bertz CT molecular complexity index is 644.